The van der Waals surface area contributed by atoms with Crippen LogP contribution in [0.2, 0.25) is 5.02 Å². The van der Waals surface area contributed by atoms with Gasteiger partial charge in [0.1, 0.15) is 11.9 Å². The number of phenols is 1. The van der Waals surface area contributed by atoms with Crippen LogP contribution in [0.5, 0.6) is 5.75 Å². The summed E-state index contributed by atoms with van der Waals surface area (Å²) in [5.74, 6) is 0.113. The molecule has 0 saturated carbocycles. The molecule has 4 heteroatoms. The second-order valence-electron chi connectivity index (χ2n) is 3.70. The first kappa shape index (κ1) is 12.4. The molecule has 88 valence electrons. The fourth-order valence-electron chi connectivity index (χ4n) is 1.59. The molecule has 0 heterocycles. The van der Waals surface area contributed by atoms with E-state index in [1.807, 2.05) is 0 Å². The standard InChI is InChI=1S/C13H10BrClO2/c14-10-5-9(6-12(16)7-10)13(17)8-1-3-11(15)4-2-8/h1-7,13,16-17H. The van der Waals surface area contributed by atoms with E-state index < -0.39 is 6.10 Å². The maximum atomic E-state index is 10.2. The Bertz CT molecular complexity index is 505. The Morgan fingerprint density at radius 1 is 1.00 bits per heavy atom. The van der Waals surface area contributed by atoms with Gasteiger partial charge in [-0.3, -0.25) is 0 Å². The van der Waals surface area contributed by atoms with Crippen LogP contribution < -0.4 is 0 Å². The van der Waals surface area contributed by atoms with E-state index in [9.17, 15) is 10.2 Å². The highest BCUT2D eigenvalue weighted by Crippen LogP contribution is 2.28. The summed E-state index contributed by atoms with van der Waals surface area (Å²) in [6, 6.07) is 11.8. The highest BCUT2D eigenvalue weighted by Gasteiger charge is 2.11. The van der Waals surface area contributed by atoms with Gasteiger partial charge in [-0.05, 0) is 41.5 Å². The number of aliphatic hydroxyl groups excluding tert-OH is 1. The normalized spacial score (nSPS) is 12.4. The van der Waals surface area contributed by atoms with Crippen LogP contribution >= 0.6 is 27.5 Å². The van der Waals surface area contributed by atoms with Crippen LogP contribution in [-0.4, -0.2) is 10.2 Å². The molecule has 2 aromatic carbocycles. The monoisotopic (exact) mass is 312 g/mol. The quantitative estimate of drug-likeness (QED) is 0.883. The Morgan fingerprint density at radius 3 is 2.24 bits per heavy atom. The molecule has 2 nitrogen and oxygen atoms in total. The maximum Gasteiger partial charge on any atom is 0.117 e. The van der Waals surface area contributed by atoms with Crippen LogP contribution in [0, 0.1) is 0 Å². The van der Waals surface area contributed by atoms with Gasteiger partial charge in [0.25, 0.3) is 0 Å². The van der Waals surface area contributed by atoms with Crippen molar-refractivity contribution in [3.8, 4) is 5.75 Å². The second kappa shape index (κ2) is 5.08. The number of rotatable bonds is 2. The third-order valence-electron chi connectivity index (χ3n) is 2.41. The highest BCUT2D eigenvalue weighted by atomic mass is 79.9. The summed E-state index contributed by atoms with van der Waals surface area (Å²) >= 11 is 9.06. The molecule has 0 amide bonds. The summed E-state index contributed by atoms with van der Waals surface area (Å²) in [6.07, 6.45) is -0.782. The van der Waals surface area contributed by atoms with Gasteiger partial charge in [-0.15, -0.1) is 0 Å². The number of hydrogen-bond acceptors (Lipinski definition) is 2. The largest absolute Gasteiger partial charge is 0.508 e. The van der Waals surface area contributed by atoms with Crippen molar-refractivity contribution in [3.63, 3.8) is 0 Å². The van der Waals surface area contributed by atoms with E-state index in [1.54, 1.807) is 36.4 Å². The minimum Gasteiger partial charge on any atom is -0.508 e. The summed E-state index contributed by atoms with van der Waals surface area (Å²) in [5.41, 5.74) is 1.35. The first-order chi connectivity index (χ1) is 8.06. The van der Waals surface area contributed by atoms with Gasteiger partial charge in [0.05, 0.1) is 0 Å². The van der Waals surface area contributed by atoms with Gasteiger partial charge in [0.15, 0.2) is 0 Å². The lowest BCUT2D eigenvalue weighted by Crippen LogP contribution is -1.99. The molecule has 0 aliphatic heterocycles. The van der Waals surface area contributed by atoms with E-state index >= 15 is 0 Å². The predicted molar refractivity (Wildman–Crippen MR) is 71.3 cm³/mol. The van der Waals surface area contributed by atoms with Crippen molar-refractivity contribution in [2.75, 3.05) is 0 Å². The minimum absolute atomic E-state index is 0.113. The lowest BCUT2D eigenvalue weighted by molar-refractivity contribution is 0.220. The number of hydrogen-bond donors (Lipinski definition) is 2. The van der Waals surface area contributed by atoms with E-state index in [0.29, 0.717) is 10.6 Å². The molecule has 0 saturated heterocycles. The Hall–Kier alpha value is -1.03. The zero-order valence-corrected chi connectivity index (χ0v) is 11.1. The summed E-state index contributed by atoms with van der Waals surface area (Å²) in [4.78, 5) is 0. The van der Waals surface area contributed by atoms with Crippen molar-refractivity contribution in [2.45, 2.75) is 6.10 Å². The third-order valence-corrected chi connectivity index (χ3v) is 3.12. The van der Waals surface area contributed by atoms with Gasteiger partial charge in [-0.1, -0.05) is 39.7 Å². The van der Waals surface area contributed by atoms with Gasteiger partial charge in [0, 0.05) is 9.50 Å². The Morgan fingerprint density at radius 2 is 1.65 bits per heavy atom. The molecule has 0 aliphatic rings. The molecule has 0 fully saturated rings. The average Bonchev–Trinajstić information content (AvgIpc) is 2.28. The van der Waals surface area contributed by atoms with E-state index in [4.69, 9.17) is 11.6 Å². The van der Waals surface area contributed by atoms with Crippen LogP contribution in [0.3, 0.4) is 0 Å². The molecule has 17 heavy (non-hydrogen) atoms. The van der Waals surface area contributed by atoms with E-state index in [0.717, 1.165) is 10.0 Å². The fraction of sp³-hybridized carbons (Fsp3) is 0.0769. The Kier molecular flexibility index (Phi) is 3.72. The van der Waals surface area contributed by atoms with Crippen molar-refractivity contribution in [3.05, 3.63) is 63.1 Å². The van der Waals surface area contributed by atoms with Crippen molar-refractivity contribution in [2.24, 2.45) is 0 Å². The van der Waals surface area contributed by atoms with Crippen molar-refractivity contribution in [1.82, 2.24) is 0 Å². The van der Waals surface area contributed by atoms with Crippen LogP contribution in [0.25, 0.3) is 0 Å². The van der Waals surface area contributed by atoms with Crippen LogP contribution in [0.4, 0.5) is 0 Å². The van der Waals surface area contributed by atoms with Crippen molar-refractivity contribution < 1.29 is 10.2 Å². The van der Waals surface area contributed by atoms with Crippen molar-refractivity contribution >= 4 is 27.5 Å². The number of benzene rings is 2. The molecule has 0 radical (unpaired) electrons. The number of phenolic OH excluding ortho intramolecular Hbond substituents is 1. The molecule has 2 N–H and O–H groups in total. The summed E-state index contributed by atoms with van der Waals surface area (Å²) in [5, 5.41) is 20.3. The smallest absolute Gasteiger partial charge is 0.117 e. The minimum atomic E-state index is -0.782. The molecule has 0 spiro atoms. The highest BCUT2D eigenvalue weighted by molar-refractivity contribution is 9.10. The first-order valence-corrected chi connectivity index (χ1v) is 6.16. The molecule has 2 aromatic rings. The van der Waals surface area contributed by atoms with E-state index in [1.165, 1.54) is 6.07 Å². The van der Waals surface area contributed by atoms with Gasteiger partial charge >= 0.3 is 0 Å². The Balaban J connectivity index is 2.36. The van der Waals surface area contributed by atoms with Crippen molar-refractivity contribution in [1.29, 1.82) is 0 Å². The number of aromatic hydroxyl groups is 1. The molecule has 0 aliphatic carbocycles. The summed E-state index contributed by atoms with van der Waals surface area (Å²) in [6.45, 7) is 0. The zero-order chi connectivity index (χ0) is 12.4. The molecule has 0 bridgehead atoms. The molecular formula is C13H10BrClO2. The molecule has 1 atom stereocenters. The molecule has 2 rings (SSSR count). The topological polar surface area (TPSA) is 40.5 Å². The summed E-state index contributed by atoms with van der Waals surface area (Å²) in [7, 11) is 0. The fourth-order valence-corrected chi connectivity index (χ4v) is 2.22. The van der Waals surface area contributed by atoms with E-state index in [-0.39, 0.29) is 5.75 Å². The lowest BCUT2D eigenvalue weighted by atomic mass is 10.0. The maximum absolute atomic E-state index is 10.2. The van der Waals surface area contributed by atoms with Gasteiger partial charge in [-0.2, -0.15) is 0 Å². The van der Waals surface area contributed by atoms with Gasteiger partial charge in [-0.25, -0.2) is 0 Å². The van der Waals surface area contributed by atoms with Gasteiger partial charge < -0.3 is 10.2 Å². The van der Waals surface area contributed by atoms with Crippen LogP contribution in [-0.2, 0) is 0 Å². The zero-order valence-electron chi connectivity index (χ0n) is 8.77. The average molecular weight is 314 g/mol. The summed E-state index contributed by atoms with van der Waals surface area (Å²) < 4.78 is 0.723. The third kappa shape index (κ3) is 3.00. The lowest BCUT2D eigenvalue weighted by Gasteiger charge is -2.12. The van der Waals surface area contributed by atoms with E-state index in [2.05, 4.69) is 15.9 Å². The SMILES string of the molecule is Oc1cc(Br)cc(C(O)c2ccc(Cl)cc2)c1. The van der Waals surface area contributed by atoms with Crippen LogP contribution in [0.15, 0.2) is 46.9 Å². The van der Waals surface area contributed by atoms with Crippen LogP contribution in [0.1, 0.15) is 17.2 Å². The predicted octanol–water partition coefficient (Wildman–Crippen LogP) is 3.89. The molecular weight excluding hydrogens is 303 g/mol. The molecule has 1 unspecified atom stereocenters. The number of aliphatic hydroxyl groups is 1. The van der Waals surface area contributed by atoms with Gasteiger partial charge in [0.2, 0.25) is 0 Å². The molecule has 0 aromatic heterocycles. The number of halogens is 2. The Labute approximate surface area is 113 Å². The second-order valence-corrected chi connectivity index (χ2v) is 5.05. The first-order valence-electron chi connectivity index (χ1n) is 4.99.